The zero-order valence-corrected chi connectivity index (χ0v) is 11.1. The second-order valence-corrected chi connectivity index (χ2v) is 4.84. The van der Waals surface area contributed by atoms with E-state index in [1.54, 1.807) is 13.2 Å². The quantitative estimate of drug-likeness (QED) is 0.702. The molecule has 1 aromatic heterocycles. The van der Waals surface area contributed by atoms with Gasteiger partial charge >= 0.3 is 0 Å². The minimum atomic E-state index is -0.374. The lowest BCUT2D eigenvalue weighted by molar-refractivity contribution is -0.128. The molecular weight excluding hydrogens is 216 g/mol. The van der Waals surface area contributed by atoms with Crippen LogP contribution in [0.15, 0.2) is 12.3 Å². The van der Waals surface area contributed by atoms with Gasteiger partial charge < -0.3 is 10.6 Å². The van der Waals surface area contributed by atoms with Crippen LogP contribution in [0.1, 0.15) is 19.5 Å². The highest BCUT2D eigenvalue weighted by Crippen LogP contribution is 2.12. The van der Waals surface area contributed by atoms with Crippen LogP contribution in [0.5, 0.6) is 0 Å². The van der Waals surface area contributed by atoms with Gasteiger partial charge in [-0.2, -0.15) is 5.10 Å². The molecule has 0 saturated heterocycles. The minimum Gasteiger partial charge on any atom is -0.359 e. The van der Waals surface area contributed by atoms with E-state index in [2.05, 4.69) is 15.7 Å². The Labute approximate surface area is 103 Å². The van der Waals surface area contributed by atoms with E-state index in [-0.39, 0.29) is 11.3 Å². The van der Waals surface area contributed by atoms with Gasteiger partial charge in [-0.25, -0.2) is 0 Å². The van der Waals surface area contributed by atoms with E-state index in [1.807, 2.05) is 31.6 Å². The van der Waals surface area contributed by atoms with Crippen LogP contribution in [0.2, 0.25) is 0 Å². The second kappa shape index (κ2) is 5.82. The first-order valence-corrected chi connectivity index (χ1v) is 5.87. The standard InChI is InChI=1S/C12H22N4O/c1-12(2,11(17)13-3)9-14-7-5-10-6-8-15-16(10)4/h6,8,14H,5,7,9H2,1-4H3,(H,13,17). The van der Waals surface area contributed by atoms with Crippen LogP contribution in [0.3, 0.4) is 0 Å². The summed E-state index contributed by atoms with van der Waals surface area (Å²) in [4.78, 5) is 11.5. The summed E-state index contributed by atoms with van der Waals surface area (Å²) in [6, 6.07) is 2.01. The highest BCUT2D eigenvalue weighted by atomic mass is 16.2. The molecule has 2 N–H and O–H groups in total. The highest BCUT2D eigenvalue weighted by Gasteiger charge is 2.25. The zero-order valence-electron chi connectivity index (χ0n) is 11.1. The van der Waals surface area contributed by atoms with Crippen molar-refractivity contribution in [2.24, 2.45) is 12.5 Å². The molecule has 1 rings (SSSR count). The average Bonchev–Trinajstić information content (AvgIpc) is 2.69. The Kier molecular flexibility index (Phi) is 4.69. The molecule has 1 heterocycles. The summed E-state index contributed by atoms with van der Waals surface area (Å²) in [5, 5.41) is 10.1. The molecule has 0 bridgehead atoms. The van der Waals surface area contributed by atoms with Crippen molar-refractivity contribution < 1.29 is 4.79 Å². The Balaban J connectivity index is 2.29. The summed E-state index contributed by atoms with van der Waals surface area (Å²) in [6.45, 7) is 5.39. The number of carbonyl (C=O) groups excluding carboxylic acids is 1. The molecule has 1 aromatic rings. The molecule has 0 aliphatic carbocycles. The van der Waals surface area contributed by atoms with Gasteiger partial charge in [-0.05, 0) is 19.9 Å². The fourth-order valence-corrected chi connectivity index (χ4v) is 1.68. The van der Waals surface area contributed by atoms with E-state index in [4.69, 9.17) is 0 Å². The molecule has 0 atom stereocenters. The lowest BCUT2D eigenvalue weighted by atomic mass is 9.92. The molecular formula is C12H22N4O. The van der Waals surface area contributed by atoms with Crippen LogP contribution in [-0.2, 0) is 18.3 Å². The number of aromatic nitrogens is 2. The topological polar surface area (TPSA) is 59.0 Å². The Hall–Kier alpha value is -1.36. The molecule has 0 aromatic carbocycles. The maximum Gasteiger partial charge on any atom is 0.226 e. The van der Waals surface area contributed by atoms with Crippen molar-refractivity contribution in [1.29, 1.82) is 0 Å². The number of aryl methyl sites for hydroxylation is 1. The summed E-state index contributed by atoms with van der Waals surface area (Å²) < 4.78 is 1.87. The molecule has 0 aliphatic rings. The lowest BCUT2D eigenvalue weighted by Gasteiger charge is -2.22. The van der Waals surface area contributed by atoms with Gasteiger partial charge in [-0.1, -0.05) is 0 Å². The highest BCUT2D eigenvalue weighted by molar-refractivity contribution is 5.81. The minimum absolute atomic E-state index is 0.0607. The van der Waals surface area contributed by atoms with Gasteiger partial charge in [-0.3, -0.25) is 9.48 Å². The fraction of sp³-hybridized carbons (Fsp3) is 0.667. The van der Waals surface area contributed by atoms with Crippen LogP contribution in [-0.4, -0.2) is 35.8 Å². The molecule has 5 heteroatoms. The molecule has 96 valence electrons. The summed E-state index contributed by atoms with van der Waals surface area (Å²) in [5.74, 6) is 0.0607. The number of hydrogen-bond acceptors (Lipinski definition) is 3. The van der Waals surface area contributed by atoms with E-state index in [9.17, 15) is 4.79 Å². The van der Waals surface area contributed by atoms with Crippen LogP contribution >= 0.6 is 0 Å². The van der Waals surface area contributed by atoms with Crippen molar-refractivity contribution >= 4 is 5.91 Å². The predicted octanol–water partition coefficient (Wildman–Crippen LogP) is 0.324. The molecule has 17 heavy (non-hydrogen) atoms. The van der Waals surface area contributed by atoms with Crippen molar-refractivity contribution in [3.8, 4) is 0 Å². The third kappa shape index (κ3) is 3.85. The van der Waals surface area contributed by atoms with Gasteiger partial charge in [0.1, 0.15) is 0 Å². The molecule has 0 aliphatic heterocycles. The Bertz CT molecular complexity index is 370. The molecule has 0 radical (unpaired) electrons. The first kappa shape index (κ1) is 13.7. The van der Waals surface area contributed by atoms with Crippen molar-refractivity contribution in [2.75, 3.05) is 20.1 Å². The smallest absolute Gasteiger partial charge is 0.226 e. The SMILES string of the molecule is CNC(=O)C(C)(C)CNCCc1ccnn1C. The van der Waals surface area contributed by atoms with Gasteiger partial charge in [0, 0.05) is 45.5 Å². The number of rotatable bonds is 6. The van der Waals surface area contributed by atoms with E-state index in [0.29, 0.717) is 6.54 Å². The molecule has 0 fully saturated rings. The summed E-state index contributed by atoms with van der Waals surface area (Å²) >= 11 is 0. The molecule has 0 unspecified atom stereocenters. The number of amides is 1. The number of nitrogens with zero attached hydrogens (tertiary/aromatic N) is 2. The Morgan fingerprint density at radius 3 is 2.76 bits per heavy atom. The van der Waals surface area contributed by atoms with E-state index in [1.165, 1.54) is 5.69 Å². The molecule has 1 amide bonds. The van der Waals surface area contributed by atoms with Gasteiger partial charge in [0.25, 0.3) is 0 Å². The number of hydrogen-bond donors (Lipinski definition) is 2. The molecule has 5 nitrogen and oxygen atoms in total. The second-order valence-electron chi connectivity index (χ2n) is 4.84. The van der Waals surface area contributed by atoms with Crippen molar-refractivity contribution in [3.05, 3.63) is 18.0 Å². The van der Waals surface area contributed by atoms with Crippen LogP contribution < -0.4 is 10.6 Å². The maximum atomic E-state index is 11.5. The maximum absolute atomic E-state index is 11.5. The van der Waals surface area contributed by atoms with Crippen LogP contribution in [0, 0.1) is 5.41 Å². The van der Waals surface area contributed by atoms with Crippen LogP contribution in [0.25, 0.3) is 0 Å². The van der Waals surface area contributed by atoms with E-state index >= 15 is 0 Å². The largest absolute Gasteiger partial charge is 0.359 e. The van der Waals surface area contributed by atoms with Crippen molar-refractivity contribution in [2.45, 2.75) is 20.3 Å². The average molecular weight is 238 g/mol. The first-order chi connectivity index (χ1) is 7.97. The molecule has 0 saturated carbocycles. The number of carbonyl (C=O) groups is 1. The monoisotopic (exact) mass is 238 g/mol. The number of nitrogens with one attached hydrogen (secondary N) is 2. The van der Waals surface area contributed by atoms with Crippen LogP contribution in [0.4, 0.5) is 0 Å². The van der Waals surface area contributed by atoms with Crippen molar-refractivity contribution in [1.82, 2.24) is 20.4 Å². The predicted molar refractivity (Wildman–Crippen MR) is 67.6 cm³/mol. The first-order valence-electron chi connectivity index (χ1n) is 5.87. The van der Waals surface area contributed by atoms with Gasteiger partial charge in [-0.15, -0.1) is 0 Å². The van der Waals surface area contributed by atoms with E-state index in [0.717, 1.165) is 13.0 Å². The molecule has 0 spiro atoms. The third-order valence-electron chi connectivity index (χ3n) is 2.89. The summed E-state index contributed by atoms with van der Waals surface area (Å²) in [6.07, 6.45) is 2.71. The zero-order chi connectivity index (χ0) is 12.9. The lowest BCUT2D eigenvalue weighted by Crippen LogP contribution is -2.42. The third-order valence-corrected chi connectivity index (χ3v) is 2.89. The summed E-state index contributed by atoms with van der Waals surface area (Å²) in [7, 11) is 3.60. The normalized spacial score (nSPS) is 11.5. The van der Waals surface area contributed by atoms with Gasteiger partial charge in [0.05, 0.1) is 5.41 Å². The van der Waals surface area contributed by atoms with Crippen molar-refractivity contribution in [3.63, 3.8) is 0 Å². The Morgan fingerprint density at radius 1 is 1.53 bits per heavy atom. The van der Waals surface area contributed by atoms with Gasteiger partial charge in [0.15, 0.2) is 0 Å². The van der Waals surface area contributed by atoms with E-state index < -0.39 is 0 Å². The summed E-state index contributed by atoms with van der Waals surface area (Å²) in [5.41, 5.74) is 0.816. The van der Waals surface area contributed by atoms with Gasteiger partial charge in [0.2, 0.25) is 5.91 Å². The fourth-order valence-electron chi connectivity index (χ4n) is 1.68. The Morgan fingerprint density at radius 2 is 2.24 bits per heavy atom.